The molecule has 2 aromatic carbocycles. The molecule has 0 saturated carbocycles. The third-order valence-corrected chi connectivity index (χ3v) is 4.21. The van der Waals surface area contributed by atoms with Crippen molar-refractivity contribution < 1.29 is 22.5 Å². The molecule has 146 valence electrons. The Morgan fingerprint density at radius 3 is 2.32 bits per heavy atom. The third kappa shape index (κ3) is 4.76. The highest BCUT2D eigenvalue weighted by Crippen LogP contribution is 2.27. The van der Waals surface area contributed by atoms with E-state index in [0.29, 0.717) is 11.1 Å². The number of amides is 1. The predicted molar refractivity (Wildman–Crippen MR) is 95.6 cm³/mol. The molecular weight excluding hydrogens is 371 g/mol. The number of nitrogens with one attached hydrogen (secondary N) is 1. The Bertz CT molecular complexity index is 948. The molecule has 3 aromatic rings. The number of rotatable bonds is 5. The van der Waals surface area contributed by atoms with E-state index in [9.17, 15) is 18.0 Å². The molecule has 0 aliphatic carbocycles. The lowest BCUT2D eigenvalue weighted by molar-refractivity contribution is -0.159. The van der Waals surface area contributed by atoms with E-state index in [0.717, 1.165) is 11.1 Å². The third-order valence-electron chi connectivity index (χ3n) is 4.21. The maximum absolute atomic E-state index is 12.5. The number of aromatic nitrogens is 2. The van der Waals surface area contributed by atoms with E-state index in [-0.39, 0.29) is 24.2 Å². The summed E-state index contributed by atoms with van der Waals surface area (Å²) in [6.45, 7) is 3.89. The van der Waals surface area contributed by atoms with Crippen LogP contribution in [0.1, 0.15) is 51.7 Å². The highest BCUT2D eigenvalue weighted by molar-refractivity contribution is 5.94. The Balaban J connectivity index is 1.62. The molecule has 1 aromatic heterocycles. The fraction of sp³-hybridized carbons (Fsp3) is 0.250. The van der Waals surface area contributed by atoms with Crippen LogP contribution in [0.5, 0.6) is 0 Å². The number of benzene rings is 2. The first-order valence-electron chi connectivity index (χ1n) is 8.58. The summed E-state index contributed by atoms with van der Waals surface area (Å²) < 4.78 is 41.7. The number of hydrogen-bond donors (Lipinski definition) is 1. The van der Waals surface area contributed by atoms with E-state index in [1.54, 1.807) is 24.3 Å². The minimum Gasteiger partial charge on any atom is -0.346 e. The average Bonchev–Trinajstić information content (AvgIpc) is 3.12. The van der Waals surface area contributed by atoms with Gasteiger partial charge in [-0.1, -0.05) is 47.1 Å². The zero-order valence-electron chi connectivity index (χ0n) is 15.2. The van der Waals surface area contributed by atoms with Crippen LogP contribution in [0.15, 0.2) is 53.1 Å². The molecule has 0 fully saturated rings. The van der Waals surface area contributed by atoms with Gasteiger partial charge in [-0.25, -0.2) is 0 Å². The Kier molecular flexibility index (Phi) is 5.48. The first kappa shape index (κ1) is 19.6. The molecule has 1 atom stereocenters. The van der Waals surface area contributed by atoms with Gasteiger partial charge in [0.25, 0.3) is 5.91 Å². The highest BCUT2D eigenvalue weighted by atomic mass is 19.4. The van der Waals surface area contributed by atoms with Crippen LogP contribution in [-0.2, 0) is 12.6 Å². The van der Waals surface area contributed by atoms with Crippen molar-refractivity contribution in [3.05, 3.63) is 82.5 Å². The molecule has 0 saturated heterocycles. The first-order chi connectivity index (χ1) is 13.2. The second kappa shape index (κ2) is 7.84. The molecule has 0 aliphatic heterocycles. The molecule has 0 radical (unpaired) electrons. The fourth-order valence-electron chi connectivity index (χ4n) is 2.62. The largest absolute Gasteiger partial charge is 0.471 e. The molecule has 0 spiro atoms. The van der Waals surface area contributed by atoms with Crippen molar-refractivity contribution >= 4 is 5.91 Å². The SMILES string of the molecule is Cc1ccc(C(C)NC(=O)c2ccc(Cc3noc(C(F)(F)F)n3)cc2)cc1. The monoisotopic (exact) mass is 389 g/mol. The molecule has 1 amide bonds. The zero-order chi connectivity index (χ0) is 20.3. The maximum Gasteiger partial charge on any atom is 0.471 e. The maximum atomic E-state index is 12.5. The lowest BCUT2D eigenvalue weighted by Crippen LogP contribution is -2.26. The van der Waals surface area contributed by atoms with Crippen LogP contribution in [0, 0.1) is 6.92 Å². The number of carbonyl (C=O) groups excluding carboxylic acids is 1. The van der Waals surface area contributed by atoms with Crippen LogP contribution in [0.3, 0.4) is 0 Å². The van der Waals surface area contributed by atoms with Gasteiger partial charge in [0.2, 0.25) is 0 Å². The van der Waals surface area contributed by atoms with Gasteiger partial charge in [-0.3, -0.25) is 4.79 Å². The summed E-state index contributed by atoms with van der Waals surface area (Å²) in [5.41, 5.74) is 3.25. The number of halogens is 3. The molecule has 3 rings (SSSR count). The predicted octanol–water partition coefficient (Wildman–Crippen LogP) is 4.48. The van der Waals surface area contributed by atoms with E-state index in [2.05, 4.69) is 20.0 Å². The minimum absolute atomic E-state index is 0.0707. The lowest BCUT2D eigenvalue weighted by Gasteiger charge is -2.15. The summed E-state index contributed by atoms with van der Waals surface area (Å²) in [6, 6.07) is 14.2. The van der Waals surface area contributed by atoms with Gasteiger partial charge in [-0.15, -0.1) is 0 Å². The topological polar surface area (TPSA) is 68.0 Å². The second-order valence-electron chi connectivity index (χ2n) is 6.49. The van der Waals surface area contributed by atoms with Crippen molar-refractivity contribution in [1.29, 1.82) is 0 Å². The molecule has 0 aliphatic rings. The molecule has 1 unspecified atom stereocenters. The summed E-state index contributed by atoms with van der Waals surface area (Å²) in [7, 11) is 0. The molecule has 28 heavy (non-hydrogen) atoms. The Hall–Kier alpha value is -3.16. The number of nitrogens with zero attached hydrogens (tertiary/aromatic N) is 2. The number of aryl methyl sites for hydroxylation is 1. The van der Waals surface area contributed by atoms with Crippen molar-refractivity contribution in [2.24, 2.45) is 0 Å². The van der Waals surface area contributed by atoms with Crippen molar-refractivity contribution in [2.75, 3.05) is 0 Å². The molecular formula is C20H18F3N3O2. The van der Waals surface area contributed by atoms with Gasteiger partial charge in [0.15, 0.2) is 5.82 Å². The molecule has 0 bridgehead atoms. The smallest absolute Gasteiger partial charge is 0.346 e. The second-order valence-corrected chi connectivity index (χ2v) is 6.49. The summed E-state index contributed by atoms with van der Waals surface area (Å²) >= 11 is 0. The van der Waals surface area contributed by atoms with Crippen LogP contribution < -0.4 is 5.32 Å². The molecule has 5 nitrogen and oxygen atoms in total. The van der Waals surface area contributed by atoms with E-state index < -0.39 is 12.1 Å². The van der Waals surface area contributed by atoms with E-state index in [1.807, 2.05) is 38.1 Å². The van der Waals surface area contributed by atoms with Crippen molar-refractivity contribution in [3.63, 3.8) is 0 Å². The van der Waals surface area contributed by atoms with Gasteiger partial charge in [0, 0.05) is 12.0 Å². The van der Waals surface area contributed by atoms with Gasteiger partial charge in [-0.2, -0.15) is 18.2 Å². The molecule has 1 heterocycles. The standard InChI is InChI=1S/C20H18F3N3O2/c1-12-3-7-15(8-4-12)13(2)24-18(27)16-9-5-14(6-10-16)11-17-25-19(28-26-17)20(21,22)23/h3-10,13H,11H2,1-2H3,(H,24,27). The number of alkyl halides is 3. The first-order valence-corrected chi connectivity index (χ1v) is 8.58. The van der Waals surface area contributed by atoms with E-state index >= 15 is 0 Å². The number of carbonyl (C=O) groups is 1. The fourth-order valence-corrected chi connectivity index (χ4v) is 2.62. The van der Waals surface area contributed by atoms with Gasteiger partial charge in [0.1, 0.15) is 0 Å². The van der Waals surface area contributed by atoms with Gasteiger partial charge >= 0.3 is 12.1 Å². The van der Waals surface area contributed by atoms with Crippen LogP contribution in [-0.4, -0.2) is 16.0 Å². The highest BCUT2D eigenvalue weighted by Gasteiger charge is 2.38. The summed E-state index contributed by atoms with van der Waals surface area (Å²) in [5, 5.41) is 6.25. The summed E-state index contributed by atoms with van der Waals surface area (Å²) in [4.78, 5) is 15.7. The summed E-state index contributed by atoms with van der Waals surface area (Å²) in [6.07, 6.45) is -4.59. The van der Waals surface area contributed by atoms with Crippen LogP contribution in [0.25, 0.3) is 0 Å². The Morgan fingerprint density at radius 2 is 1.75 bits per heavy atom. The zero-order valence-corrected chi connectivity index (χ0v) is 15.2. The average molecular weight is 389 g/mol. The van der Waals surface area contributed by atoms with E-state index in [1.165, 1.54) is 0 Å². The van der Waals surface area contributed by atoms with Crippen LogP contribution in [0.4, 0.5) is 13.2 Å². The van der Waals surface area contributed by atoms with Gasteiger partial charge in [0.05, 0.1) is 6.04 Å². The summed E-state index contributed by atoms with van der Waals surface area (Å²) in [5.74, 6) is -1.68. The van der Waals surface area contributed by atoms with Crippen LogP contribution in [0.2, 0.25) is 0 Å². The van der Waals surface area contributed by atoms with E-state index in [4.69, 9.17) is 0 Å². The lowest BCUT2D eigenvalue weighted by atomic mass is 10.1. The van der Waals surface area contributed by atoms with Crippen molar-refractivity contribution in [3.8, 4) is 0 Å². The Morgan fingerprint density at radius 1 is 1.11 bits per heavy atom. The quantitative estimate of drug-likeness (QED) is 0.699. The normalized spacial score (nSPS) is 12.6. The minimum atomic E-state index is -4.67. The van der Waals surface area contributed by atoms with Crippen molar-refractivity contribution in [1.82, 2.24) is 15.5 Å². The van der Waals surface area contributed by atoms with Crippen molar-refractivity contribution in [2.45, 2.75) is 32.5 Å². The van der Waals surface area contributed by atoms with Crippen LogP contribution >= 0.6 is 0 Å². The molecule has 8 heteroatoms. The van der Waals surface area contributed by atoms with Gasteiger partial charge < -0.3 is 9.84 Å². The van der Waals surface area contributed by atoms with Gasteiger partial charge in [-0.05, 0) is 37.1 Å². The Labute approximate surface area is 159 Å². The molecule has 1 N–H and O–H groups in total. The number of hydrogen-bond acceptors (Lipinski definition) is 4.